The summed E-state index contributed by atoms with van der Waals surface area (Å²) < 4.78 is 0.975. The Balaban J connectivity index is 1.56. The number of nitrogens with zero attached hydrogens (tertiary/aromatic N) is 2. The fourth-order valence-corrected chi connectivity index (χ4v) is 4.84. The quantitative estimate of drug-likeness (QED) is 0.200. The highest BCUT2D eigenvalue weighted by molar-refractivity contribution is 7.99. The highest BCUT2D eigenvalue weighted by Crippen LogP contribution is 2.31. The van der Waals surface area contributed by atoms with Gasteiger partial charge in [-0.25, -0.2) is 9.66 Å². The summed E-state index contributed by atoms with van der Waals surface area (Å²) in [5, 5.41) is 5.31. The highest BCUT2D eigenvalue weighted by atomic mass is 32.2. The second-order valence-electron chi connectivity index (χ2n) is 6.70. The molecule has 0 saturated carbocycles. The van der Waals surface area contributed by atoms with Gasteiger partial charge in [0, 0.05) is 16.5 Å². The van der Waals surface area contributed by atoms with Gasteiger partial charge >= 0.3 is 0 Å². The monoisotopic (exact) mass is 450 g/mol. The Labute approximate surface area is 185 Å². The van der Waals surface area contributed by atoms with E-state index in [0.29, 0.717) is 21.5 Å². The zero-order valence-corrected chi connectivity index (χ0v) is 18.1. The van der Waals surface area contributed by atoms with Crippen LogP contribution in [0.3, 0.4) is 0 Å². The van der Waals surface area contributed by atoms with E-state index in [4.69, 9.17) is 5.84 Å². The lowest BCUT2D eigenvalue weighted by molar-refractivity contribution is -0.113. The molecule has 2 heterocycles. The molecule has 7 nitrogen and oxygen atoms in total. The van der Waals surface area contributed by atoms with Crippen molar-refractivity contribution in [1.29, 1.82) is 0 Å². The number of hydrogen-bond acceptors (Lipinski definition) is 7. The molecule has 0 atom stereocenters. The lowest BCUT2D eigenvalue weighted by Gasteiger charge is -2.10. The second kappa shape index (κ2) is 8.75. The van der Waals surface area contributed by atoms with Crippen molar-refractivity contribution in [2.45, 2.75) is 12.1 Å². The molecule has 1 amide bonds. The average molecular weight is 451 g/mol. The molecule has 31 heavy (non-hydrogen) atoms. The molecule has 0 aliphatic rings. The predicted octanol–water partition coefficient (Wildman–Crippen LogP) is 3.77. The zero-order valence-electron chi connectivity index (χ0n) is 16.5. The van der Waals surface area contributed by atoms with Crippen LogP contribution >= 0.6 is 23.1 Å². The first-order valence-electron chi connectivity index (χ1n) is 9.33. The van der Waals surface area contributed by atoms with Gasteiger partial charge in [0.15, 0.2) is 10.9 Å². The molecule has 2 aromatic carbocycles. The maximum Gasteiger partial charge on any atom is 0.282 e. The topological polar surface area (TPSA) is 107 Å². The molecule has 0 saturated heterocycles. The van der Waals surface area contributed by atoms with Crippen molar-refractivity contribution in [3.8, 4) is 11.1 Å². The number of nitrogens with one attached hydrogen (secondary N) is 1. The van der Waals surface area contributed by atoms with Crippen molar-refractivity contribution in [1.82, 2.24) is 9.66 Å². The van der Waals surface area contributed by atoms with E-state index in [0.717, 1.165) is 27.6 Å². The molecule has 0 radical (unpaired) electrons. The number of fused-ring (bicyclic) bond motifs is 1. The summed E-state index contributed by atoms with van der Waals surface area (Å²) in [5.41, 5.74) is 2.21. The first kappa shape index (κ1) is 20.8. The van der Waals surface area contributed by atoms with Crippen molar-refractivity contribution < 1.29 is 9.59 Å². The second-order valence-corrected chi connectivity index (χ2v) is 8.50. The Morgan fingerprint density at radius 2 is 1.84 bits per heavy atom. The molecule has 4 aromatic rings. The molecule has 0 aliphatic heterocycles. The molecule has 0 fully saturated rings. The number of nitrogen functional groups attached to an aromatic ring is 1. The van der Waals surface area contributed by atoms with Gasteiger partial charge in [-0.3, -0.25) is 14.4 Å². The molecule has 9 heteroatoms. The number of Topliss-reactive ketones (excluding diaryl/α,β-unsaturated/α-hetero) is 1. The normalized spacial score (nSPS) is 10.9. The van der Waals surface area contributed by atoms with E-state index in [2.05, 4.69) is 10.3 Å². The molecule has 4 rings (SSSR count). The maximum absolute atomic E-state index is 12.9. The van der Waals surface area contributed by atoms with Gasteiger partial charge in [-0.05, 0) is 24.6 Å². The number of anilines is 1. The summed E-state index contributed by atoms with van der Waals surface area (Å²) in [6.45, 7) is 1.44. The van der Waals surface area contributed by atoms with E-state index < -0.39 is 0 Å². The van der Waals surface area contributed by atoms with E-state index in [9.17, 15) is 14.4 Å². The number of thioether (sulfide) groups is 1. The summed E-state index contributed by atoms with van der Waals surface area (Å²) in [4.78, 5) is 42.1. The van der Waals surface area contributed by atoms with E-state index in [1.807, 2.05) is 35.7 Å². The molecule has 2 aromatic heterocycles. The molecule has 0 spiro atoms. The third kappa shape index (κ3) is 4.23. The van der Waals surface area contributed by atoms with Crippen molar-refractivity contribution in [2.24, 2.45) is 0 Å². The number of aromatic nitrogens is 2. The van der Waals surface area contributed by atoms with Crippen LogP contribution in [0.1, 0.15) is 17.3 Å². The SMILES string of the molecule is CC(=O)c1ccccc1NC(=O)CSc1nc2scc(-c3ccccc3)c2c(=O)n1N. The van der Waals surface area contributed by atoms with Gasteiger partial charge in [-0.2, -0.15) is 0 Å². The van der Waals surface area contributed by atoms with Crippen LogP contribution < -0.4 is 16.7 Å². The van der Waals surface area contributed by atoms with E-state index in [1.165, 1.54) is 18.3 Å². The van der Waals surface area contributed by atoms with Crippen LogP contribution in [0, 0.1) is 0 Å². The van der Waals surface area contributed by atoms with E-state index in [-0.39, 0.29) is 28.2 Å². The van der Waals surface area contributed by atoms with Crippen molar-refractivity contribution in [3.63, 3.8) is 0 Å². The first-order valence-corrected chi connectivity index (χ1v) is 11.2. The lowest BCUT2D eigenvalue weighted by Crippen LogP contribution is -2.30. The number of benzene rings is 2. The van der Waals surface area contributed by atoms with Gasteiger partial charge < -0.3 is 11.2 Å². The van der Waals surface area contributed by atoms with E-state index >= 15 is 0 Å². The van der Waals surface area contributed by atoms with Crippen LogP contribution in [0.2, 0.25) is 0 Å². The number of amides is 1. The van der Waals surface area contributed by atoms with Crippen molar-refractivity contribution in [3.05, 3.63) is 75.9 Å². The maximum atomic E-state index is 12.9. The number of nitrogens with two attached hydrogens (primary N) is 1. The van der Waals surface area contributed by atoms with Crippen LogP contribution in [-0.2, 0) is 4.79 Å². The molecule has 0 bridgehead atoms. The fourth-order valence-electron chi connectivity index (χ4n) is 3.13. The third-order valence-corrected chi connectivity index (χ3v) is 6.43. The Kier molecular flexibility index (Phi) is 5.88. The Morgan fingerprint density at radius 3 is 2.58 bits per heavy atom. The summed E-state index contributed by atoms with van der Waals surface area (Å²) in [6, 6.07) is 16.4. The summed E-state index contributed by atoms with van der Waals surface area (Å²) in [5.74, 6) is 5.52. The van der Waals surface area contributed by atoms with Crippen LogP contribution in [0.5, 0.6) is 0 Å². The molecular formula is C22H18N4O3S2. The number of para-hydroxylation sites is 1. The van der Waals surface area contributed by atoms with Gasteiger partial charge in [0.1, 0.15) is 4.83 Å². The van der Waals surface area contributed by atoms with Crippen LogP contribution in [-0.4, -0.2) is 27.1 Å². The Hall–Kier alpha value is -3.43. The van der Waals surface area contributed by atoms with Crippen LogP contribution in [0.15, 0.2) is 69.9 Å². The highest BCUT2D eigenvalue weighted by Gasteiger charge is 2.17. The lowest BCUT2D eigenvalue weighted by atomic mass is 10.1. The number of hydrogen-bond donors (Lipinski definition) is 2. The number of thiophene rings is 1. The summed E-state index contributed by atoms with van der Waals surface area (Å²) in [6.07, 6.45) is 0. The third-order valence-electron chi connectivity index (χ3n) is 4.61. The average Bonchev–Trinajstić information content (AvgIpc) is 3.20. The van der Waals surface area contributed by atoms with Crippen LogP contribution in [0.25, 0.3) is 21.3 Å². The first-order chi connectivity index (χ1) is 15.0. The smallest absolute Gasteiger partial charge is 0.282 e. The van der Waals surface area contributed by atoms with Crippen LogP contribution in [0.4, 0.5) is 5.69 Å². The largest absolute Gasteiger partial charge is 0.334 e. The van der Waals surface area contributed by atoms with Gasteiger partial charge in [0.05, 0.1) is 16.8 Å². The molecule has 0 unspecified atom stereocenters. The van der Waals surface area contributed by atoms with Crippen molar-refractivity contribution in [2.75, 3.05) is 16.9 Å². The number of carbonyl (C=O) groups is 2. The van der Waals surface area contributed by atoms with Gasteiger partial charge in [0.25, 0.3) is 5.56 Å². The number of carbonyl (C=O) groups excluding carboxylic acids is 2. The minimum absolute atomic E-state index is 0.0156. The minimum Gasteiger partial charge on any atom is -0.334 e. The molecule has 156 valence electrons. The molecular weight excluding hydrogens is 432 g/mol. The Bertz CT molecular complexity index is 1350. The predicted molar refractivity (Wildman–Crippen MR) is 125 cm³/mol. The molecule has 0 aliphatic carbocycles. The minimum atomic E-state index is -0.366. The van der Waals surface area contributed by atoms with E-state index in [1.54, 1.807) is 24.3 Å². The number of ketones is 1. The number of rotatable bonds is 6. The van der Waals surface area contributed by atoms with Gasteiger partial charge in [-0.15, -0.1) is 11.3 Å². The summed E-state index contributed by atoms with van der Waals surface area (Å²) >= 11 is 2.42. The molecule has 3 N–H and O–H groups in total. The zero-order chi connectivity index (χ0) is 22.0. The summed E-state index contributed by atoms with van der Waals surface area (Å²) in [7, 11) is 0. The van der Waals surface area contributed by atoms with Gasteiger partial charge in [-0.1, -0.05) is 54.2 Å². The standard InChI is InChI=1S/C22H18N4O3S2/c1-13(27)15-9-5-6-10-17(15)24-18(28)12-31-22-25-20-19(21(29)26(22)23)16(11-30-20)14-7-3-2-4-8-14/h2-11H,12,23H2,1H3,(H,24,28). The Morgan fingerprint density at radius 1 is 1.13 bits per heavy atom. The van der Waals surface area contributed by atoms with Gasteiger partial charge in [0.2, 0.25) is 5.91 Å². The fraction of sp³-hybridized carbons (Fsp3) is 0.0909. The van der Waals surface area contributed by atoms with Crippen molar-refractivity contribution >= 4 is 50.7 Å².